The van der Waals surface area contributed by atoms with Crippen molar-refractivity contribution in [2.75, 3.05) is 0 Å². The van der Waals surface area contributed by atoms with E-state index in [0.717, 1.165) is 18.0 Å². The molecular weight excluding hydrogens is 244 g/mol. The van der Waals surface area contributed by atoms with Gasteiger partial charge in [-0.2, -0.15) is 11.3 Å². The maximum absolute atomic E-state index is 5.65. The van der Waals surface area contributed by atoms with Crippen LogP contribution in [0.25, 0.3) is 0 Å². The number of ether oxygens (including phenoxy) is 1. The summed E-state index contributed by atoms with van der Waals surface area (Å²) in [5.74, 6) is 0.814. The summed E-state index contributed by atoms with van der Waals surface area (Å²) in [5.41, 5.74) is 2.23. The molecule has 2 heterocycles. The molecule has 0 aliphatic heterocycles. The molecule has 0 aromatic carbocycles. The van der Waals surface area contributed by atoms with E-state index < -0.39 is 0 Å². The molecule has 18 heavy (non-hydrogen) atoms. The SMILES string of the molecule is CC(C)NCc1ccc(OCc2ccsc2)cn1. The minimum atomic E-state index is 0.473. The van der Waals surface area contributed by atoms with Crippen LogP contribution in [-0.2, 0) is 13.2 Å². The quantitative estimate of drug-likeness (QED) is 0.868. The van der Waals surface area contributed by atoms with Crippen molar-refractivity contribution in [3.8, 4) is 5.75 Å². The zero-order valence-corrected chi connectivity index (χ0v) is 11.5. The fourth-order valence-corrected chi connectivity index (χ4v) is 2.10. The van der Waals surface area contributed by atoms with E-state index in [1.54, 1.807) is 17.5 Å². The summed E-state index contributed by atoms with van der Waals surface area (Å²) < 4.78 is 5.65. The van der Waals surface area contributed by atoms with Gasteiger partial charge < -0.3 is 10.1 Å². The third kappa shape index (κ3) is 4.13. The van der Waals surface area contributed by atoms with E-state index in [0.29, 0.717) is 12.6 Å². The first kappa shape index (κ1) is 13.1. The molecule has 1 N–H and O–H groups in total. The van der Waals surface area contributed by atoms with Gasteiger partial charge in [0.05, 0.1) is 11.9 Å². The molecule has 0 amide bonds. The smallest absolute Gasteiger partial charge is 0.138 e. The van der Waals surface area contributed by atoms with Crippen LogP contribution >= 0.6 is 11.3 Å². The standard InChI is InChI=1S/C14H18N2OS/c1-11(2)15-7-13-3-4-14(8-16-13)17-9-12-5-6-18-10-12/h3-6,8,10-11,15H,7,9H2,1-2H3. The Morgan fingerprint density at radius 2 is 2.22 bits per heavy atom. The van der Waals surface area contributed by atoms with E-state index in [9.17, 15) is 0 Å². The second-order valence-electron chi connectivity index (χ2n) is 4.44. The molecule has 0 saturated heterocycles. The largest absolute Gasteiger partial charge is 0.487 e. The second-order valence-corrected chi connectivity index (χ2v) is 5.22. The van der Waals surface area contributed by atoms with Gasteiger partial charge in [-0.1, -0.05) is 13.8 Å². The summed E-state index contributed by atoms with van der Waals surface area (Å²) in [6.45, 7) is 5.65. The number of nitrogens with zero attached hydrogens (tertiary/aromatic N) is 1. The van der Waals surface area contributed by atoms with Gasteiger partial charge in [0.2, 0.25) is 0 Å². The van der Waals surface area contributed by atoms with Crippen molar-refractivity contribution < 1.29 is 4.74 Å². The average Bonchev–Trinajstić information content (AvgIpc) is 2.88. The first-order valence-electron chi connectivity index (χ1n) is 6.06. The van der Waals surface area contributed by atoms with Crippen LogP contribution in [0.2, 0.25) is 0 Å². The zero-order chi connectivity index (χ0) is 12.8. The van der Waals surface area contributed by atoms with E-state index in [-0.39, 0.29) is 0 Å². The summed E-state index contributed by atoms with van der Waals surface area (Å²) in [6.07, 6.45) is 1.78. The third-order valence-corrected chi connectivity index (χ3v) is 3.21. The second kappa shape index (κ2) is 6.52. The Labute approximate surface area is 112 Å². The Morgan fingerprint density at radius 1 is 1.33 bits per heavy atom. The van der Waals surface area contributed by atoms with Crippen LogP contribution in [0.3, 0.4) is 0 Å². The van der Waals surface area contributed by atoms with Crippen LogP contribution in [-0.4, -0.2) is 11.0 Å². The number of hydrogen-bond donors (Lipinski definition) is 1. The molecular formula is C14H18N2OS. The highest BCUT2D eigenvalue weighted by atomic mass is 32.1. The number of nitrogens with one attached hydrogen (secondary N) is 1. The zero-order valence-electron chi connectivity index (χ0n) is 10.7. The van der Waals surface area contributed by atoms with Crippen LogP contribution < -0.4 is 10.1 Å². The van der Waals surface area contributed by atoms with Gasteiger partial charge in [0, 0.05) is 12.6 Å². The van der Waals surface area contributed by atoms with Gasteiger partial charge in [-0.05, 0) is 34.5 Å². The van der Waals surface area contributed by atoms with Crippen molar-refractivity contribution in [2.24, 2.45) is 0 Å². The molecule has 4 heteroatoms. The van der Waals surface area contributed by atoms with Crippen molar-refractivity contribution >= 4 is 11.3 Å². The van der Waals surface area contributed by atoms with E-state index in [1.165, 1.54) is 5.56 Å². The summed E-state index contributed by atoms with van der Waals surface area (Å²) >= 11 is 1.68. The molecule has 0 spiro atoms. The fourth-order valence-electron chi connectivity index (χ4n) is 1.45. The molecule has 0 atom stereocenters. The molecule has 2 rings (SSSR count). The Balaban J connectivity index is 1.83. The predicted molar refractivity (Wildman–Crippen MR) is 74.9 cm³/mol. The normalized spacial score (nSPS) is 10.8. The highest BCUT2D eigenvalue weighted by Crippen LogP contribution is 2.13. The van der Waals surface area contributed by atoms with Gasteiger partial charge in [0.15, 0.2) is 0 Å². The molecule has 0 radical (unpaired) electrons. The Bertz CT molecular complexity index is 451. The van der Waals surface area contributed by atoms with E-state index in [2.05, 4.69) is 41.0 Å². The average molecular weight is 262 g/mol. The number of thiophene rings is 1. The maximum Gasteiger partial charge on any atom is 0.138 e. The lowest BCUT2D eigenvalue weighted by Crippen LogP contribution is -2.22. The first-order chi connectivity index (χ1) is 8.74. The lowest BCUT2D eigenvalue weighted by atomic mass is 10.3. The molecule has 0 aliphatic carbocycles. The number of aromatic nitrogens is 1. The Morgan fingerprint density at radius 3 is 2.83 bits per heavy atom. The Kier molecular flexibility index (Phi) is 4.73. The summed E-state index contributed by atoms with van der Waals surface area (Å²) in [6, 6.07) is 6.51. The fraction of sp³-hybridized carbons (Fsp3) is 0.357. The summed E-state index contributed by atoms with van der Waals surface area (Å²) in [7, 11) is 0. The first-order valence-corrected chi connectivity index (χ1v) is 7.00. The minimum Gasteiger partial charge on any atom is -0.487 e. The van der Waals surface area contributed by atoms with Crippen LogP contribution in [0.5, 0.6) is 5.75 Å². The van der Waals surface area contributed by atoms with Gasteiger partial charge in [-0.15, -0.1) is 0 Å². The maximum atomic E-state index is 5.65. The van der Waals surface area contributed by atoms with Gasteiger partial charge in [0.25, 0.3) is 0 Å². The monoisotopic (exact) mass is 262 g/mol. The van der Waals surface area contributed by atoms with Crippen molar-refractivity contribution in [3.05, 3.63) is 46.4 Å². The molecule has 96 valence electrons. The number of hydrogen-bond acceptors (Lipinski definition) is 4. The van der Waals surface area contributed by atoms with Crippen molar-refractivity contribution in [2.45, 2.75) is 33.0 Å². The third-order valence-electron chi connectivity index (χ3n) is 2.47. The summed E-state index contributed by atoms with van der Waals surface area (Å²) in [4.78, 5) is 4.37. The van der Waals surface area contributed by atoms with Gasteiger partial charge in [-0.25, -0.2) is 0 Å². The van der Waals surface area contributed by atoms with Gasteiger partial charge in [-0.3, -0.25) is 4.98 Å². The molecule has 2 aromatic rings. The van der Waals surface area contributed by atoms with E-state index >= 15 is 0 Å². The minimum absolute atomic E-state index is 0.473. The van der Waals surface area contributed by atoms with Crippen molar-refractivity contribution in [3.63, 3.8) is 0 Å². The van der Waals surface area contributed by atoms with Gasteiger partial charge in [0.1, 0.15) is 12.4 Å². The van der Waals surface area contributed by atoms with Crippen LogP contribution in [0, 0.1) is 0 Å². The highest BCUT2D eigenvalue weighted by molar-refractivity contribution is 7.07. The van der Waals surface area contributed by atoms with Crippen LogP contribution in [0.1, 0.15) is 25.1 Å². The molecule has 0 aliphatic rings. The van der Waals surface area contributed by atoms with E-state index in [1.807, 2.05) is 12.1 Å². The summed E-state index contributed by atoms with van der Waals surface area (Å²) in [5, 5.41) is 7.48. The van der Waals surface area contributed by atoms with Crippen LogP contribution in [0.15, 0.2) is 35.2 Å². The number of pyridine rings is 1. The van der Waals surface area contributed by atoms with Crippen molar-refractivity contribution in [1.29, 1.82) is 0 Å². The van der Waals surface area contributed by atoms with Gasteiger partial charge >= 0.3 is 0 Å². The highest BCUT2D eigenvalue weighted by Gasteiger charge is 1.99. The predicted octanol–water partition coefficient (Wildman–Crippen LogP) is 3.22. The number of rotatable bonds is 6. The molecule has 0 fully saturated rings. The molecule has 3 nitrogen and oxygen atoms in total. The Hall–Kier alpha value is -1.39. The molecule has 0 unspecified atom stereocenters. The van der Waals surface area contributed by atoms with Crippen LogP contribution in [0.4, 0.5) is 0 Å². The topological polar surface area (TPSA) is 34.1 Å². The molecule has 0 saturated carbocycles. The lowest BCUT2D eigenvalue weighted by Gasteiger charge is -2.08. The van der Waals surface area contributed by atoms with E-state index in [4.69, 9.17) is 4.74 Å². The lowest BCUT2D eigenvalue weighted by molar-refractivity contribution is 0.305. The molecule has 0 bridgehead atoms. The van der Waals surface area contributed by atoms with Crippen molar-refractivity contribution in [1.82, 2.24) is 10.3 Å². The molecule has 2 aromatic heterocycles.